The molecule has 2 aromatic rings. The molecule has 0 bridgehead atoms. The molecule has 0 aliphatic carbocycles. The Labute approximate surface area is 144 Å². The molecule has 1 aromatic heterocycles. The largest absolute Gasteiger partial charge is 0.493 e. The predicted octanol–water partition coefficient (Wildman–Crippen LogP) is 3.36. The Hall–Kier alpha value is -2.34. The van der Waals surface area contributed by atoms with Crippen LogP contribution >= 0.6 is 11.3 Å². The van der Waals surface area contributed by atoms with Gasteiger partial charge in [-0.15, -0.1) is 11.3 Å². The molecular weight excluding hydrogens is 324 g/mol. The van der Waals surface area contributed by atoms with Gasteiger partial charge in [0.05, 0.1) is 12.2 Å². The van der Waals surface area contributed by atoms with E-state index in [4.69, 9.17) is 10.5 Å². The molecule has 0 radical (unpaired) electrons. The van der Waals surface area contributed by atoms with Gasteiger partial charge in [0.25, 0.3) is 5.91 Å². The molecule has 0 fully saturated rings. The van der Waals surface area contributed by atoms with Crippen LogP contribution in [0.4, 0.5) is 5.00 Å². The van der Waals surface area contributed by atoms with Gasteiger partial charge in [0.2, 0.25) is 5.91 Å². The maximum atomic E-state index is 12.5. The molecule has 1 aromatic carbocycles. The van der Waals surface area contributed by atoms with Crippen molar-refractivity contribution in [1.82, 2.24) is 0 Å². The summed E-state index contributed by atoms with van der Waals surface area (Å²) in [4.78, 5) is 25.1. The fourth-order valence-corrected chi connectivity index (χ4v) is 4.12. The average molecular weight is 344 g/mol. The van der Waals surface area contributed by atoms with Gasteiger partial charge in [-0.05, 0) is 43.4 Å². The van der Waals surface area contributed by atoms with Gasteiger partial charge in [-0.2, -0.15) is 0 Å². The minimum Gasteiger partial charge on any atom is -0.493 e. The number of fused-ring (bicyclic) bond motifs is 1. The summed E-state index contributed by atoms with van der Waals surface area (Å²) in [7, 11) is 0. The van der Waals surface area contributed by atoms with E-state index in [1.54, 1.807) is 0 Å². The second kappa shape index (κ2) is 6.65. The number of carbonyl (C=O) groups is 2. The zero-order valence-electron chi connectivity index (χ0n) is 13.7. The number of thiophene rings is 1. The lowest BCUT2D eigenvalue weighted by Crippen LogP contribution is -2.22. The van der Waals surface area contributed by atoms with Crippen LogP contribution in [0.15, 0.2) is 24.3 Å². The summed E-state index contributed by atoms with van der Waals surface area (Å²) in [5.41, 5.74) is 7.76. The number of nitrogens with two attached hydrogens (primary N) is 1. The number of rotatable bonds is 4. The molecule has 2 amide bonds. The van der Waals surface area contributed by atoms with E-state index < -0.39 is 5.91 Å². The molecule has 0 saturated carbocycles. The number of aryl methyl sites for hydroxylation is 1. The third-order valence-corrected chi connectivity index (χ3v) is 5.52. The molecule has 1 aliphatic heterocycles. The van der Waals surface area contributed by atoms with E-state index >= 15 is 0 Å². The lowest BCUT2D eigenvalue weighted by Gasteiger charge is -2.25. The monoisotopic (exact) mass is 344 g/mol. The van der Waals surface area contributed by atoms with Crippen molar-refractivity contribution < 1.29 is 14.3 Å². The van der Waals surface area contributed by atoms with Crippen molar-refractivity contribution in [2.24, 2.45) is 5.73 Å². The molecule has 24 heavy (non-hydrogen) atoms. The SMILES string of the molecule is Cc1sc(NC(=O)C[C@@H]2CCOc3ccccc32)c(C(N)=O)c1C. The third-order valence-electron chi connectivity index (χ3n) is 4.40. The maximum Gasteiger partial charge on any atom is 0.251 e. The van der Waals surface area contributed by atoms with Crippen molar-refractivity contribution >= 4 is 28.2 Å². The first-order valence-electron chi connectivity index (χ1n) is 7.88. The molecule has 0 spiro atoms. The summed E-state index contributed by atoms with van der Waals surface area (Å²) in [6.07, 6.45) is 1.16. The van der Waals surface area contributed by atoms with E-state index in [1.165, 1.54) is 11.3 Å². The van der Waals surface area contributed by atoms with Gasteiger partial charge in [-0.1, -0.05) is 18.2 Å². The summed E-state index contributed by atoms with van der Waals surface area (Å²) in [6.45, 7) is 4.37. The lowest BCUT2D eigenvalue weighted by atomic mass is 9.90. The number of hydrogen-bond acceptors (Lipinski definition) is 4. The zero-order chi connectivity index (χ0) is 17.3. The van der Waals surface area contributed by atoms with E-state index in [0.717, 1.165) is 28.2 Å². The van der Waals surface area contributed by atoms with Gasteiger partial charge < -0.3 is 15.8 Å². The number of para-hydroxylation sites is 1. The molecule has 1 aliphatic rings. The predicted molar refractivity (Wildman–Crippen MR) is 94.9 cm³/mol. The molecule has 126 valence electrons. The van der Waals surface area contributed by atoms with Gasteiger partial charge in [0.1, 0.15) is 10.8 Å². The Balaban J connectivity index is 1.76. The molecule has 6 heteroatoms. The standard InChI is InChI=1S/C18H20N2O3S/c1-10-11(2)24-18(16(10)17(19)22)20-15(21)9-12-7-8-23-14-6-4-3-5-13(12)14/h3-6,12H,7-9H2,1-2H3,(H2,19,22)(H,20,21)/t12-/m0/s1. The van der Waals surface area contributed by atoms with Crippen molar-refractivity contribution in [2.75, 3.05) is 11.9 Å². The van der Waals surface area contributed by atoms with Gasteiger partial charge >= 0.3 is 0 Å². The van der Waals surface area contributed by atoms with Crippen LogP contribution < -0.4 is 15.8 Å². The lowest BCUT2D eigenvalue weighted by molar-refractivity contribution is -0.116. The second-order valence-electron chi connectivity index (χ2n) is 5.98. The highest BCUT2D eigenvalue weighted by atomic mass is 32.1. The Morgan fingerprint density at radius 3 is 2.83 bits per heavy atom. The fourth-order valence-electron chi connectivity index (χ4n) is 3.04. The van der Waals surface area contributed by atoms with Crippen LogP contribution in [-0.2, 0) is 4.79 Å². The highest BCUT2D eigenvalue weighted by molar-refractivity contribution is 7.16. The smallest absolute Gasteiger partial charge is 0.251 e. The highest BCUT2D eigenvalue weighted by Crippen LogP contribution is 2.36. The number of hydrogen-bond donors (Lipinski definition) is 2. The maximum absolute atomic E-state index is 12.5. The number of amides is 2. The van der Waals surface area contributed by atoms with Crippen LogP contribution in [0, 0.1) is 13.8 Å². The first-order chi connectivity index (χ1) is 11.5. The van der Waals surface area contributed by atoms with E-state index in [0.29, 0.717) is 23.6 Å². The summed E-state index contributed by atoms with van der Waals surface area (Å²) in [5, 5.41) is 3.41. The van der Waals surface area contributed by atoms with Crippen LogP contribution in [0.3, 0.4) is 0 Å². The number of primary amides is 1. The molecular formula is C18H20N2O3S. The van der Waals surface area contributed by atoms with E-state index in [-0.39, 0.29) is 11.8 Å². The van der Waals surface area contributed by atoms with Crippen LogP contribution in [0.1, 0.15) is 45.1 Å². The minimum atomic E-state index is -0.511. The highest BCUT2D eigenvalue weighted by Gasteiger charge is 2.25. The summed E-state index contributed by atoms with van der Waals surface area (Å²) in [6, 6.07) is 7.81. The molecule has 1 atom stereocenters. The Kier molecular flexibility index (Phi) is 4.57. The van der Waals surface area contributed by atoms with E-state index in [2.05, 4.69) is 5.32 Å². The van der Waals surface area contributed by atoms with Gasteiger partial charge in [0, 0.05) is 11.3 Å². The van der Waals surface area contributed by atoms with Gasteiger partial charge in [-0.25, -0.2) is 0 Å². The zero-order valence-corrected chi connectivity index (χ0v) is 14.5. The quantitative estimate of drug-likeness (QED) is 0.892. The number of benzene rings is 1. The van der Waals surface area contributed by atoms with Crippen molar-refractivity contribution in [3.63, 3.8) is 0 Å². The normalized spacial score (nSPS) is 16.2. The van der Waals surface area contributed by atoms with E-state index in [1.807, 2.05) is 38.1 Å². The number of ether oxygens (including phenoxy) is 1. The van der Waals surface area contributed by atoms with Crippen molar-refractivity contribution in [2.45, 2.75) is 32.6 Å². The Morgan fingerprint density at radius 1 is 1.33 bits per heavy atom. The summed E-state index contributed by atoms with van der Waals surface area (Å²) in [5.74, 6) is 0.348. The van der Waals surface area contributed by atoms with Gasteiger partial charge in [0.15, 0.2) is 0 Å². The molecule has 5 nitrogen and oxygen atoms in total. The topological polar surface area (TPSA) is 81.4 Å². The average Bonchev–Trinajstić information content (AvgIpc) is 2.82. The van der Waals surface area contributed by atoms with Crippen LogP contribution in [0.5, 0.6) is 5.75 Å². The minimum absolute atomic E-state index is 0.111. The number of anilines is 1. The molecule has 0 saturated heterocycles. The molecule has 3 rings (SSSR count). The third kappa shape index (κ3) is 3.14. The van der Waals surface area contributed by atoms with Crippen molar-refractivity contribution in [3.05, 3.63) is 45.8 Å². The van der Waals surface area contributed by atoms with Crippen molar-refractivity contribution in [1.29, 1.82) is 0 Å². The Bertz CT molecular complexity index is 798. The first-order valence-corrected chi connectivity index (χ1v) is 8.70. The number of nitrogens with one attached hydrogen (secondary N) is 1. The van der Waals surface area contributed by atoms with Gasteiger partial charge in [-0.3, -0.25) is 9.59 Å². The van der Waals surface area contributed by atoms with Crippen LogP contribution in [0.2, 0.25) is 0 Å². The second-order valence-corrected chi connectivity index (χ2v) is 7.20. The van der Waals surface area contributed by atoms with E-state index in [9.17, 15) is 9.59 Å². The molecule has 0 unspecified atom stereocenters. The fraction of sp³-hybridized carbons (Fsp3) is 0.333. The molecule has 2 heterocycles. The van der Waals surface area contributed by atoms with Crippen LogP contribution in [0.25, 0.3) is 0 Å². The number of carbonyl (C=O) groups excluding carboxylic acids is 2. The van der Waals surface area contributed by atoms with Crippen molar-refractivity contribution in [3.8, 4) is 5.75 Å². The summed E-state index contributed by atoms with van der Waals surface area (Å²) < 4.78 is 5.63. The first kappa shape index (κ1) is 16.5. The Morgan fingerprint density at radius 2 is 2.08 bits per heavy atom. The summed E-state index contributed by atoms with van der Waals surface area (Å²) >= 11 is 1.39. The van der Waals surface area contributed by atoms with Crippen LogP contribution in [-0.4, -0.2) is 18.4 Å². The molecule has 3 N–H and O–H groups in total.